The Hall–Kier alpha value is -2.51. The molecule has 0 unspecified atom stereocenters. The van der Waals surface area contributed by atoms with E-state index < -0.39 is 11.9 Å². The van der Waals surface area contributed by atoms with Crippen molar-refractivity contribution < 1.29 is 4.79 Å². The highest BCUT2D eigenvalue weighted by Crippen LogP contribution is 2.40. The van der Waals surface area contributed by atoms with Gasteiger partial charge in [0.2, 0.25) is 5.91 Å². The molecule has 0 fully saturated rings. The second-order valence-corrected chi connectivity index (χ2v) is 8.08. The maximum Gasteiger partial charge on any atom is 0.220 e. The van der Waals surface area contributed by atoms with Gasteiger partial charge in [-0.05, 0) is 38.5 Å². The fraction of sp³-hybridized carbons (Fsp3) is 0.263. The second-order valence-electron chi connectivity index (χ2n) is 6.44. The van der Waals surface area contributed by atoms with Gasteiger partial charge in [0.05, 0.1) is 12.1 Å². The van der Waals surface area contributed by atoms with Gasteiger partial charge in [-0.15, -0.1) is 11.3 Å². The molecule has 1 aromatic heterocycles. The predicted molar refractivity (Wildman–Crippen MR) is 112 cm³/mol. The largest absolute Gasteiger partial charge is 0.370 e. The number of primary amides is 1. The predicted octanol–water partition coefficient (Wildman–Crippen LogP) is 3.89. The van der Waals surface area contributed by atoms with E-state index in [1.807, 2.05) is 26.0 Å². The van der Waals surface area contributed by atoms with Crippen molar-refractivity contribution in [2.45, 2.75) is 33.2 Å². The van der Waals surface area contributed by atoms with Crippen LogP contribution >= 0.6 is 22.9 Å². The van der Waals surface area contributed by atoms with E-state index in [2.05, 4.69) is 0 Å². The van der Waals surface area contributed by atoms with Gasteiger partial charge < -0.3 is 5.73 Å². The third kappa shape index (κ3) is 3.52. The summed E-state index contributed by atoms with van der Waals surface area (Å²) in [5.41, 5.74) is 8.85. The zero-order valence-electron chi connectivity index (χ0n) is 15.3. The van der Waals surface area contributed by atoms with E-state index in [1.54, 1.807) is 24.0 Å². The lowest BCUT2D eigenvalue weighted by Gasteiger charge is -2.24. The molecule has 0 saturated carbocycles. The van der Waals surface area contributed by atoms with Gasteiger partial charge in [0.1, 0.15) is 22.7 Å². The molecule has 0 radical (unpaired) electrons. The SMILES string of the molecule is CC(=N)N1C(=N)[C@@H](CC(N)=O)N=C(c2ccc(Cl)cc2)c2c1sc(C)c2C. The Morgan fingerprint density at radius 1 is 1.33 bits per heavy atom. The first-order valence-corrected chi connectivity index (χ1v) is 9.56. The third-order valence-electron chi connectivity index (χ3n) is 4.50. The number of amidine groups is 2. The molecule has 1 amide bonds. The molecule has 0 aliphatic carbocycles. The average Bonchev–Trinajstić information content (AvgIpc) is 2.80. The summed E-state index contributed by atoms with van der Waals surface area (Å²) in [6, 6.07) is 6.55. The molecular weight excluding hydrogens is 382 g/mol. The van der Waals surface area contributed by atoms with Gasteiger partial charge in [-0.1, -0.05) is 23.7 Å². The second kappa shape index (κ2) is 7.25. The maximum atomic E-state index is 11.6. The molecule has 1 aliphatic rings. The Morgan fingerprint density at radius 2 is 1.96 bits per heavy atom. The Kier molecular flexibility index (Phi) is 5.17. The summed E-state index contributed by atoms with van der Waals surface area (Å²) in [6.07, 6.45) is -0.0906. The number of thiophene rings is 1. The van der Waals surface area contributed by atoms with Gasteiger partial charge in [-0.3, -0.25) is 25.5 Å². The molecule has 3 rings (SSSR count). The molecule has 140 valence electrons. The number of carbonyl (C=O) groups excluding carboxylic acids is 1. The number of aliphatic imine (C=N–C) groups is 1. The van der Waals surface area contributed by atoms with Crippen molar-refractivity contribution in [2.75, 3.05) is 4.90 Å². The van der Waals surface area contributed by atoms with Gasteiger partial charge >= 0.3 is 0 Å². The summed E-state index contributed by atoms with van der Waals surface area (Å²) in [4.78, 5) is 19.0. The number of amides is 1. The molecule has 0 spiro atoms. The van der Waals surface area contributed by atoms with Crippen molar-refractivity contribution in [2.24, 2.45) is 10.7 Å². The molecule has 2 heterocycles. The standard InChI is InChI=1S/C19H20ClN5OS/c1-9-10(2)27-19-16(9)17(12-4-6-13(20)7-5-12)24-14(8-15(22)26)18(23)25(19)11(3)21/h4-7,14,21,23H,8H2,1-3H3,(H2,22,26)/t14-/m1/s1. The maximum absolute atomic E-state index is 11.6. The van der Waals surface area contributed by atoms with Gasteiger partial charge in [-0.25, -0.2) is 0 Å². The number of nitrogens with two attached hydrogens (primary N) is 1. The lowest BCUT2D eigenvalue weighted by atomic mass is 9.99. The summed E-state index contributed by atoms with van der Waals surface area (Å²) in [5.74, 6) is -0.262. The first-order valence-electron chi connectivity index (χ1n) is 8.36. The van der Waals surface area contributed by atoms with E-state index in [-0.39, 0.29) is 18.1 Å². The molecule has 0 saturated heterocycles. The monoisotopic (exact) mass is 401 g/mol. The zero-order chi connectivity index (χ0) is 19.9. The number of benzene rings is 1. The Balaban J connectivity index is 2.31. The van der Waals surface area contributed by atoms with Crippen LogP contribution in [0.3, 0.4) is 0 Å². The van der Waals surface area contributed by atoms with Crippen LogP contribution in [0.2, 0.25) is 5.02 Å². The highest BCUT2D eigenvalue weighted by atomic mass is 35.5. The number of rotatable bonds is 3. The molecule has 27 heavy (non-hydrogen) atoms. The van der Waals surface area contributed by atoms with Crippen LogP contribution in [0.25, 0.3) is 0 Å². The van der Waals surface area contributed by atoms with E-state index in [1.165, 1.54) is 11.3 Å². The van der Waals surface area contributed by atoms with Crippen LogP contribution < -0.4 is 10.6 Å². The van der Waals surface area contributed by atoms with Crippen LogP contribution in [0.15, 0.2) is 29.3 Å². The molecule has 1 atom stereocenters. The van der Waals surface area contributed by atoms with E-state index in [9.17, 15) is 4.79 Å². The van der Waals surface area contributed by atoms with Crippen LogP contribution in [-0.2, 0) is 4.79 Å². The number of nitrogens with one attached hydrogen (secondary N) is 2. The van der Waals surface area contributed by atoms with E-state index in [0.29, 0.717) is 10.7 Å². The lowest BCUT2D eigenvalue weighted by molar-refractivity contribution is -0.118. The number of hydrogen-bond acceptors (Lipinski definition) is 5. The Bertz CT molecular complexity index is 977. The highest BCUT2D eigenvalue weighted by Gasteiger charge is 2.34. The molecule has 1 aromatic carbocycles. The summed E-state index contributed by atoms with van der Waals surface area (Å²) >= 11 is 7.55. The Labute approximate surface area is 166 Å². The topological polar surface area (TPSA) is 106 Å². The molecule has 2 aromatic rings. The number of halogens is 1. The van der Waals surface area contributed by atoms with Gasteiger partial charge in [0.25, 0.3) is 0 Å². The van der Waals surface area contributed by atoms with Crippen molar-refractivity contribution in [3.05, 3.63) is 50.9 Å². The molecule has 6 nitrogen and oxygen atoms in total. The molecule has 0 bridgehead atoms. The van der Waals surface area contributed by atoms with Gasteiger partial charge in [0.15, 0.2) is 0 Å². The zero-order valence-corrected chi connectivity index (χ0v) is 16.8. The first kappa shape index (κ1) is 19.3. The minimum Gasteiger partial charge on any atom is -0.370 e. The molecule has 8 heteroatoms. The van der Waals surface area contributed by atoms with Crippen LogP contribution in [0.1, 0.15) is 34.9 Å². The van der Waals surface area contributed by atoms with Gasteiger partial charge in [-0.2, -0.15) is 0 Å². The van der Waals surface area contributed by atoms with Crippen LogP contribution in [-0.4, -0.2) is 29.3 Å². The summed E-state index contributed by atoms with van der Waals surface area (Å²) in [5, 5.41) is 18.2. The number of fused-ring (bicyclic) bond motifs is 1. The van der Waals surface area contributed by atoms with Crippen LogP contribution in [0, 0.1) is 24.7 Å². The lowest BCUT2D eigenvalue weighted by Crippen LogP contribution is -2.41. The van der Waals surface area contributed by atoms with Crippen molar-refractivity contribution in [3.63, 3.8) is 0 Å². The van der Waals surface area contributed by atoms with E-state index in [0.717, 1.165) is 26.6 Å². The molecule has 1 aliphatic heterocycles. The van der Waals surface area contributed by atoms with Crippen LogP contribution in [0.5, 0.6) is 0 Å². The first-order chi connectivity index (χ1) is 12.7. The summed E-state index contributed by atoms with van der Waals surface area (Å²) < 4.78 is 0. The Morgan fingerprint density at radius 3 is 2.52 bits per heavy atom. The van der Waals surface area contributed by atoms with Crippen molar-refractivity contribution >= 4 is 51.2 Å². The third-order valence-corrected chi connectivity index (χ3v) is 5.94. The normalized spacial score (nSPS) is 16.6. The minimum absolute atomic E-state index is 0.0766. The highest BCUT2D eigenvalue weighted by molar-refractivity contribution is 7.17. The summed E-state index contributed by atoms with van der Waals surface area (Å²) in [7, 11) is 0. The van der Waals surface area contributed by atoms with Crippen molar-refractivity contribution in [1.82, 2.24) is 0 Å². The summed E-state index contributed by atoms with van der Waals surface area (Å²) in [6.45, 7) is 5.64. The minimum atomic E-state index is -0.757. The van der Waals surface area contributed by atoms with Gasteiger partial charge in [0, 0.05) is 21.0 Å². The number of carbonyl (C=O) groups is 1. The number of hydrogen-bond donors (Lipinski definition) is 3. The molecular formula is C19H20ClN5OS. The van der Waals surface area contributed by atoms with Crippen molar-refractivity contribution in [1.29, 1.82) is 10.8 Å². The molecule has 4 N–H and O–H groups in total. The van der Waals surface area contributed by atoms with Crippen LogP contribution in [0.4, 0.5) is 5.00 Å². The average molecular weight is 402 g/mol. The number of aryl methyl sites for hydroxylation is 1. The quantitative estimate of drug-likeness (QED) is 0.536. The smallest absolute Gasteiger partial charge is 0.220 e. The fourth-order valence-electron chi connectivity index (χ4n) is 3.08. The van der Waals surface area contributed by atoms with Crippen molar-refractivity contribution in [3.8, 4) is 0 Å². The van der Waals surface area contributed by atoms with E-state index >= 15 is 0 Å². The number of anilines is 1. The number of nitrogens with zero attached hydrogens (tertiary/aromatic N) is 2. The van der Waals surface area contributed by atoms with E-state index in [4.69, 9.17) is 33.1 Å². The fourth-order valence-corrected chi connectivity index (χ4v) is 4.43.